The first-order chi connectivity index (χ1) is 9.04. The third-order valence-corrected chi connectivity index (χ3v) is 3.69. The molecule has 19 heavy (non-hydrogen) atoms. The molecule has 0 aliphatic carbocycles. The van der Waals surface area contributed by atoms with Gasteiger partial charge in [0.15, 0.2) is 5.82 Å². The van der Waals surface area contributed by atoms with Crippen molar-refractivity contribution in [3.8, 4) is 0 Å². The molecule has 2 rings (SSSR count). The summed E-state index contributed by atoms with van der Waals surface area (Å²) < 4.78 is 1.99. The Hall–Kier alpha value is -1.69. The number of hydrogen-bond donors (Lipinski definition) is 1. The van der Waals surface area contributed by atoms with E-state index in [1.807, 2.05) is 30.8 Å². The molecule has 2 N–H and O–H groups in total. The number of nitrogens with two attached hydrogens (primary N) is 1. The average molecular weight is 277 g/mol. The first kappa shape index (κ1) is 13.7. The molecular weight excluding hydrogens is 258 g/mol. The van der Waals surface area contributed by atoms with E-state index in [4.69, 9.17) is 18.0 Å². The number of nitrogens with zero attached hydrogens (tertiary/aromatic N) is 4. The second-order valence-corrected chi connectivity index (χ2v) is 5.17. The first-order valence-corrected chi connectivity index (χ1v) is 6.75. The Morgan fingerprint density at radius 2 is 2.26 bits per heavy atom. The Morgan fingerprint density at radius 3 is 2.89 bits per heavy atom. The Balaban J connectivity index is 2.38. The number of fused-ring (bicyclic) bond motifs is 1. The van der Waals surface area contributed by atoms with Crippen LogP contribution >= 0.6 is 12.2 Å². The summed E-state index contributed by atoms with van der Waals surface area (Å²) >= 11 is 5.05. The molecule has 1 atom stereocenters. The minimum atomic E-state index is 0.149. The van der Waals surface area contributed by atoms with E-state index in [1.54, 1.807) is 6.33 Å². The summed E-state index contributed by atoms with van der Waals surface area (Å²) in [6.45, 7) is 5.73. The highest BCUT2D eigenvalue weighted by molar-refractivity contribution is 7.80. The van der Waals surface area contributed by atoms with Gasteiger partial charge in [0.05, 0.1) is 16.8 Å². The van der Waals surface area contributed by atoms with Gasteiger partial charge in [-0.3, -0.25) is 0 Å². The summed E-state index contributed by atoms with van der Waals surface area (Å²) in [7, 11) is 1.98. The third-order valence-electron chi connectivity index (χ3n) is 3.28. The number of thiocarbonyl (C=S) groups is 1. The van der Waals surface area contributed by atoms with Crippen LogP contribution in [0.5, 0.6) is 0 Å². The Bertz CT molecular complexity index is 592. The Labute approximate surface area is 118 Å². The van der Waals surface area contributed by atoms with E-state index >= 15 is 0 Å². The lowest BCUT2D eigenvalue weighted by Crippen LogP contribution is -2.34. The summed E-state index contributed by atoms with van der Waals surface area (Å²) in [5.74, 6) is 1.04. The Morgan fingerprint density at radius 1 is 1.53 bits per heavy atom. The minimum Gasteiger partial charge on any atom is -0.393 e. The maximum Gasteiger partial charge on any atom is 0.156 e. The highest BCUT2D eigenvalue weighted by Crippen LogP contribution is 2.23. The van der Waals surface area contributed by atoms with Crippen LogP contribution in [0.1, 0.15) is 13.8 Å². The number of imidazole rings is 1. The van der Waals surface area contributed by atoms with Crippen molar-refractivity contribution in [1.29, 1.82) is 0 Å². The molecule has 102 valence electrons. The molecule has 0 amide bonds. The van der Waals surface area contributed by atoms with Crippen molar-refractivity contribution in [3.63, 3.8) is 0 Å². The van der Waals surface area contributed by atoms with Crippen LogP contribution in [0.3, 0.4) is 0 Å². The summed E-state index contributed by atoms with van der Waals surface area (Å²) in [6, 6.07) is 1.97. The van der Waals surface area contributed by atoms with Crippen molar-refractivity contribution in [2.75, 3.05) is 18.0 Å². The van der Waals surface area contributed by atoms with Crippen LogP contribution in [-0.4, -0.2) is 32.6 Å². The van der Waals surface area contributed by atoms with Crippen molar-refractivity contribution < 1.29 is 0 Å². The van der Waals surface area contributed by atoms with E-state index in [1.165, 1.54) is 0 Å². The van der Waals surface area contributed by atoms with Crippen molar-refractivity contribution in [1.82, 2.24) is 14.5 Å². The van der Waals surface area contributed by atoms with E-state index in [-0.39, 0.29) is 5.92 Å². The molecule has 0 saturated carbocycles. The van der Waals surface area contributed by atoms with Crippen LogP contribution in [0.4, 0.5) is 5.82 Å². The van der Waals surface area contributed by atoms with E-state index < -0.39 is 0 Å². The molecular formula is C13H19N5S. The van der Waals surface area contributed by atoms with Gasteiger partial charge in [0.2, 0.25) is 0 Å². The van der Waals surface area contributed by atoms with Gasteiger partial charge in [-0.25, -0.2) is 9.97 Å². The number of aromatic nitrogens is 3. The molecule has 0 fully saturated rings. The molecule has 2 aromatic heterocycles. The molecule has 5 nitrogen and oxygen atoms in total. The fourth-order valence-electron chi connectivity index (χ4n) is 2.07. The van der Waals surface area contributed by atoms with E-state index in [0.717, 1.165) is 29.9 Å². The first-order valence-electron chi connectivity index (χ1n) is 6.34. The molecule has 0 radical (unpaired) electrons. The topological polar surface area (TPSA) is 60.0 Å². The van der Waals surface area contributed by atoms with Gasteiger partial charge >= 0.3 is 0 Å². The number of hydrogen-bond acceptors (Lipinski definition) is 4. The highest BCUT2D eigenvalue weighted by Gasteiger charge is 2.16. The van der Waals surface area contributed by atoms with Gasteiger partial charge in [-0.15, -0.1) is 0 Å². The van der Waals surface area contributed by atoms with Crippen LogP contribution in [0.15, 0.2) is 18.6 Å². The van der Waals surface area contributed by atoms with Crippen LogP contribution in [-0.2, 0) is 7.05 Å². The molecule has 6 heteroatoms. The zero-order valence-electron chi connectivity index (χ0n) is 11.5. The number of rotatable bonds is 5. The quantitative estimate of drug-likeness (QED) is 0.843. The monoisotopic (exact) mass is 277 g/mol. The molecule has 0 aromatic carbocycles. The molecule has 1 unspecified atom stereocenters. The van der Waals surface area contributed by atoms with Crippen LogP contribution in [0.25, 0.3) is 11.0 Å². The highest BCUT2D eigenvalue weighted by atomic mass is 32.1. The second-order valence-electron chi connectivity index (χ2n) is 4.70. The van der Waals surface area contributed by atoms with Crippen LogP contribution in [0.2, 0.25) is 0 Å². The minimum absolute atomic E-state index is 0.149. The summed E-state index contributed by atoms with van der Waals surface area (Å²) in [6.07, 6.45) is 3.62. The number of pyridine rings is 1. The predicted octanol–water partition coefficient (Wildman–Crippen LogP) is 1.72. The lowest BCUT2D eigenvalue weighted by Gasteiger charge is -2.25. The Kier molecular flexibility index (Phi) is 3.99. The average Bonchev–Trinajstić information content (AvgIpc) is 2.77. The SMILES string of the molecule is CCN(CC(C)C(N)=S)c1nccc2c1ncn2C. The molecule has 0 saturated heterocycles. The smallest absolute Gasteiger partial charge is 0.156 e. The zero-order chi connectivity index (χ0) is 14.0. The molecule has 0 aliphatic rings. The third kappa shape index (κ3) is 2.68. The molecule has 0 bridgehead atoms. The molecule has 2 aromatic rings. The predicted molar refractivity (Wildman–Crippen MR) is 82.3 cm³/mol. The van der Waals surface area contributed by atoms with Crippen LogP contribution < -0.4 is 10.6 Å². The van der Waals surface area contributed by atoms with Crippen molar-refractivity contribution >= 4 is 34.1 Å². The van der Waals surface area contributed by atoms with Gasteiger partial charge < -0.3 is 15.2 Å². The van der Waals surface area contributed by atoms with Gasteiger partial charge in [-0.05, 0) is 13.0 Å². The second kappa shape index (κ2) is 5.52. The maximum atomic E-state index is 5.70. The molecule has 2 heterocycles. The van der Waals surface area contributed by atoms with Gasteiger partial charge in [0.25, 0.3) is 0 Å². The van der Waals surface area contributed by atoms with E-state index in [0.29, 0.717) is 4.99 Å². The summed E-state index contributed by atoms with van der Waals surface area (Å²) in [5.41, 5.74) is 7.69. The van der Waals surface area contributed by atoms with Crippen LogP contribution in [0, 0.1) is 5.92 Å². The molecule has 0 aliphatic heterocycles. The lowest BCUT2D eigenvalue weighted by molar-refractivity contribution is 0.702. The van der Waals surface area contributed by atoms with Crippen molar-refractivity contribution in [3.05, 3.63) is 18.6 Å². The number of anilines is 1. The summed E-state index contributed by atoms with van der Waals surface area (Å²) in [4.78, 5) is 11.6. The maximum absolute atomic E-state index is 5.70. The van der Waals surface area contributed by atoms with Crippen molar-refractivity contribution in [2.45, 2.75) is 13.8 Å². The standard InChI is InChI=1S/C13H19N5S/c1-4-18(7-9(2)12(14)19)13-11-10(5-6-15-13)17(3)8-16-11/h5-6,8-9H,4,7H2,1-3H3,(H2,14,19). The fraction of sp³-hybridized carbons (Fsp3) is 0.462. The number of aryl methyl sites for hydroxylation is 1. The largest absolute Gasteiger partial charge is 0.393 e. The lowest BCUT2D eigenvalue weighted by atomic mass is 10.1. The van der Waals surface area contributed by atoms with E-state index in [2.05, 4.69) is 21.8 Å². The fourth-order valence-corrected chi connectivity index (χ4v) is 2.14. The normalized spacial score (nSPS) is 12.6. The van der Waals surface area contributed by atoms with E-state index in [9.17, 15) is 0 Å². The van der Waals surface area contributed by atoms with Crippen molar-refractivity contribution in [2.24, 2.45) is 18.7 Å². The molecule has 0 spiro atoms. The van der Waals surface area contributed by atoms with Gasteiger partial charge in [0, 0.05) is 32.3 Å². The summed E-state index contributed by atoms with van der Waals surface area (Å²) in [5, 5.41) is 0. The van der Waals surface area contributed by atoms with Gasteiger partial charge in [0.1, 0.15) is 5.52 Å². The van der Waals surface area contributed by atoms with Gasteiger partial charge in [-0.1, -0.05) is 19.1 Å². The zero-order valence-corrected chi connectivity index (χ0v) is 12.3. The van der Waals surface area contributed by atoms with Gasteiger partial charge in [-0.2, -0.15) is 0 Å².